The third kappa shape index (κ3) is 5.83. The standard InChI is InChI=1S/C25H31N5O3/c1-4-6-11-22(31)30(23(25(32)33)17(3)5-2)16-18-12-14-19(15-13-18)20-9-7-8-10-21(20)24-26-28-29-27-24/h7-10,12-15,17,23H,4-6,11,16H2,1-3H3,(H,32,33)(H,26,27,28,29)/t17-,23+/m1/s1. The Balaban J connectivity index is 1.88. The number of nitrogens with zero attached hydrogens (tertiary/aromatic N) is 4. The van der Waals surface area contributed by atoms with Gasteiger partial charge in [0.2, 0.25) is 11.7 Å². The summed E-state index contributed by atoms with van der Waals surface area (Å²) in [5.41, 5.74) is 3.68. The van der Waals surface area contributed by atoms with Crippen molar-refractivity contribution in [3.8, 4) is 22.5 Å². The summed E-state index contributed by atoms with van der Waals surface area (Å²) in [6, 6.07) is 14.8. The van der Waals surface area contributed by atoms with Gasteiger partial charge in [-0.15, -0.1) is 10.2 Å². The van der Waals surface area contributed by atoms with Gasteiger partial charge in [-0.25, -0.2) is 4.79 Å². The van der Waals surface area contributed by atoms with E-state index in [0.717, 1.165) is 35.1 Å². The molecule has 1 heterocycles. The van der Waals surface area contributed by atoms with E-state index < -0.39 is 12.0 Å². The zero-order chi connectivity index (χ0) is 23.8. The summed E-state index contributed by atoms with van der Waals surface area (Å²) in [6.07, 6.45) is 2.66. The lowest BCUT2D eigenvalue weighted by atomic mass is 9.95. The van der Waals surface area contributed by atoms with E-state index >= 15 is 0 Å². The highest BCUT2D eigenvalue weighted by atomic mass is 16.4. The van der Waals surface area contributed by atoms with Crippen LogP contribution in [-0.2, 0) is 16.1 Å². The van der Waals surface area contributed by atoms with E-state index in [1.807, 2.05) is 69.3 Å². The minimum absolute atomic E-state index is 0.115. The molecule has 0 aliphatic heterocycles. The van der Waals surface area contributed by atoms with Crippen LogP contribution in [0.25, 0.3) is 22.5 Å². The van der Waals surface area contributed by atoms with E-state index in [9.17, 15) is 14.7 Å². The number of aromatic amines is 1. The van der Waals surface area contributed by atoms with Gasteiger partial charge in [-0.2, -0.15) is 5.21 Å². The number of hydrogen-bond acceptors (Lipinski definition) is 5. The van der Waals surface area contributed by atoms with E-state index in [1.54, 1.807) is 0 Å². The molecule has 0 saturated heterocycles. The number of carbonyl (C=O) groups excluding carboxylic acids is 1. The lowest BCUT2D eigenvalue weighted by Gasteiger charge is -2.33. The average Bonchev–Trinajstić information content (AvgIpc) is 3.37. The maximum Gasteiger partial charge on any atom is 0.326 e. The predicted octanol–water partition coefficient (Wildman–Crippen LogP) is 4.55. The van der Waals surface area contributed by atoms with Gasteiger partial charge in [0.05, 0.1) is 0 Å². The van der Waals surface area contributed by atoms with Crippen molar-refractivity contribution in [2.75, 3.05) is 0 Å². The Labute approximate surface area is 194 Å². The number of unbranched alkanes of at least 4 members (excludes halogenated alkanes) is 1. The molecule has 33 heavy (non-hydrogen) atoms. The number of aromatic nitrogens is 4. The molecule has 0 spiro atoms. The van der Waals surface area contributed by atoms with Crippen LogP contribution in [0.3, 0.4) is 0 Å². The van der Waals surface area contributed by atoms with Crippen molar-refractivity contribution >= 4 is 11.9 Å². The fourth-order valence-corrected chi connectivity index (χ4v) is 3.91. The molecule has 2 atom stereocenters. The first-order valence-electron chi connectivity index (χ1n) is 11.4. The SMILES string of the molecule is CCCCC(=O)N(Cc1ccc(-c2ccccc2-c2nn[nH]n2)cc1)[C@H](C(=O)O)[C@H](C)CC. The molecule has 0 saturated carbocycles. The largest absolute Gasteiger partial charge is 0.480 e. The van der Waals surface area contributed by atoms with E-state index in [1.165, 1.54) is 4.90 Å². The fraction of sp³-hybridized carbons (Fsp3) is 0.400. The second-order valence-electron chi connectivity index (χ2n) is 8.27. The number of aliphatic carboxylic acids is 1. The molecule has 174 valence electrons. The van der Waals surface area contributed by atoms with Gasteiger partial charge in [0.15, 0.2) is 0 Å². The molecule has 1 amide bonds. The highest BCUT2D eigenvalue weighted by Gasteiger charge is 2.33. The first kappa shape index (κ1) is 24.1. The van der Waals surface area contributed by atoms with Gasteiger partial charge in [0.25, 0.3) is 0 Å². The quantitative estimate of drug-likeness (QED) is 0.444. The van der Waals surface area contributed by atoms with Crippen molar-refractivity contribution in [3.63, 3.8) is 0 Å². The van der Waals surface area contributed by atoms with Crippen molar-refractivity contribution < 1.29 is 14.7 Å². The molecule has 2 N–H and O–H groups in total. The van der Waals surface area contributed by atoms with Crippen LogP contribution in [0.2, 0.25) is 0 Å². The molecule has 0 unspecified atom stereocenters. The van der Waals surface area contributed by atoms with E-state index in [-0.39, 0.29) is 18.4 Å². The first-order valence-corrected chi connectivity index (χ1v) is 11.4. The van der Waals surface area contributed by atoms with Crippen molar-refractivity contribution in [3.05, 3.63) is 54.1 Å². The Bertz CT molecular complexity index is 1050. The Morgan fingerprint density at radius 2 is 1.76 bits per heavy atom. The van der Waals surface area contributed by atoms with Crippen molar-refractivity contribution in [2.24, 2.45) is 5.92 Å². The summed E-state index contributed by atoms with van der Waals surface area (Å²) in [6.45, 7) is 6.12. The third-order valence-electron chi connectivity index (χ3n) is 5.97. The molecule has 0 aliphatic rings. The smallest absolute Gasteiger partial charge is 0.326 e. The number of tetrazole rings is 1. The predicted molar refractivity (Wildman–Crippen MR) is 126 cm³/mol. The molecule has 0 radical (unpaired) electrons. The number of nitrogens with one attached hydrogen (secondary N) is 1. The Morgan fingerprint density at radius 3 is 2.33 bits per heavy atom. The highest BCUT2D eigenvalue weighted by Crippen LogP contribution is 2.30. The molecule has 0 fully saturated rings. The van der Waals surface area contributed by atoms with Crippen LogP contribution in [0.1, 0.15) is 52.0 Å². The normalized spacial score (nSPS) is 12.8. The maximum atomic E-state index is 13.0. The summed E-state index contributed by atoms with van der Waals surface area (Å²) in [4.78, 5) is 26.6. The number of carboxylic acids is 1. The van der Waals surface area contributed by atoms with Crippen LogP contribution in [0.4, 0.5) is 0 Å². The van der Waals surface area contributed by atoms with Gasteiger partial charge in [-0.3, -0.25) is 4.79 Å². The van der Waals surface area contributed by atoms with E-state index in [2.05, 4.69) is 20.6 Å². The molecule has 1 aromatic heterocycles. The summed E-state index contributed by atoms with van der Waals surface area (Å²) >= 11 is 0. The van der Waals surface area contributed by atoms with Crippen molar-refractivity contribution in [2.45, 2.75) is 59.0 Å². The summed E-state index contributed by atoms with van der Waals surface area (Å²) in [5.74, 6) is -0.703. The Hall–Kier alpha value is -3.55. The third-order valence-corrected chi connectivity index (χ3v) is 5.97. The highest BCUT2D eigenvalue weighted by molar-refractivity contribution is 5.84. The summed E-state index contributed by atoms with van der Waals surface area (Å²) in [7, 11) is 0. The van der Waals surface area contributed by atoms with Gasteiger partial charge >= 0.3 is 5.97 Å². The average molecular weight is 450 g/mol. The van der Waals surface area contributed by atoms with Crippen molar-refractivity contribution in [1.82, 2.24) is 25.5 Å². The lowest BCUT2D eigenvalue weighted by molar-refractivity contribution is -0.153. The number of carboxylic acid groups (broad SMARTS) is 1. The monoisotopic (exact) mass is 449 g/mol. The topological polar surface area (TPSA) is 112 Å². The van der Waals surface area contributed by atoms with Crippen LogP contribution in [0, 0.1) is 5.92 Å². The zero-order valence-electron chi connectivity index (χ0n) is 19.4. The molecule has 3 aromatic rings. The summed E-state index contributed by atoms with van der Waals surface area (Å²) in [5, 5.41) is 24.2. The number of hydrogen-bond donors (Lipinski definition) is 2. The number of rotatable bonds is 11. The molecular weight excluding hydrogens is 418 g/mol. The number of benzene rings is 2. The van der Waals surface area contributed by atoms with Gasteiger partial charge in [0.1, 0.15) is 6.04 Å². The van der Waals surface area contributed by atoms with Gasteiger partial charge < -0.3 is 10.0 Å². The zero-order valence-corrected chi connectivity index (χ0v) is 19.4. The molecule has 0 aliphatic carbocycles. The minimum Gasteiger partial charge on any atom is -0.480 e. The van der Waals surface area contributed by atoms with Crippen LogP contribution in [-0.4, -0.2) is 48.5 Å². The summed E-state index contributed by atoms with van der Waals surface area (Å²) < 4.78 is 0. The lowest BCUT2D eigenvalue weighted by Crippen LogP contribution is -2.48. The molecule has 8 nitrogen and oxygen atoms in total. The Kier molecular flexibility index (Phi) is 8.29. The van der Waals surface area contributed by atoms with Gasteiger partial charge in [0, 0.05) is 18.5 Å². The van der Waals surface area contributed by atoms with Gasteiger partial charge in [-0.1, -0.05) is 82.1 Å². The number of amides is 1. The molecule has 2 aromatic carbocycles. The second kappa shape index (κ2) is 11.4. The number of H-pyrrole nitrogens is 1. The second-order valence-corrected chi connectivity index (χ2v) is 8.27. The van der Waals surface area contributed by atoms with Crippen LogP contribution in [0.15, 0.2) is 48.5 Å². The first-order chi connectivity index (χ1) is 16.0. The Morgan fingerprint density at radius 1 is 1.06 bits per heavy atom. The van der Waals surface area contributed by atoms with E-state index in [4.69, 9.17) is 0 Å². The molecule has 8 heteroatoms. The number of carbonyl (C=O) groups is 2. The fourth-order valence-electron chi connectivity index (χ4n) is 3.91. The maximum absolute atomic E-state index is 13.0. The van der Waals surface area contributed by atoms with Crippen LogP contribution >= 0.6 is 0 Å². The van der Waals surface area contributed by atoms with Gasteiger partial charge in [-0.05, 0) is 34.2 Å². The minimum atomic E-state index is -0.958. The van der Waals surface area contributed by atoms with Crippen LogP contribution in [0.5, 0.6) is 0 Å². The van der Waals surface area contributed by atoms with E-state index in [0.29, 0.717) is 18.7 Å². The molecule has 0 bridgehead atoms. The van der Waals surface area contributed by atoms with Crippen molar-refractivity contribution in [1.29, 1.82) is 0 Å². The molecular formula is C25H31N5O3. The van der Waals surface area contributed by atoms with Crippen LogP contribution < -0.4 is 0 Å². The molecule has 3 rings (SSSR count).